The van der Waals surface area contributed by atoms with Crippen molar-refractivity contribution in [2.75, 3.05) is 14.1 Å². The van der Waals surface area contributed by atoms with Gasteiger partial charge in [-0.3, -0.25) is 9.59 Å². The molecule has 0 saturated carbocycles. The van der Waals surface area contributed by atoms with E-state index in [2.05, 4.69) is 5.32 Å². The maximum atomic E-state index is 13.7. The summed E-state index contributed by atoms with van der Waals surface area (Å²) in [6.07, 6.45) is 0.251. The normalized spacial score (nSPS) is 11.7. The second-order valence-corrected chi connectivity index (χ2v) is 5.57. The predicted octanol–water partition coefficient (Wildman–Crippen LogP) is 2.39. The van der Waals surface area contributed by atoms with Gasteiger partial charge < -0.3 is 10.2 Å². The molecule has 2 amide bonds. The number of rotatable bonds is 5. The molecule has 6 heteroatoms. The molecular weight excluding hydrogens is 314 g/mol. The van der Waals surface area contributed by atoms with Gasteiger partial charge in [0.15, 0.2) is 0 Å². The molecule has 126 valence electrons. The van der Waals surface area contributed by atoms with Crippen LogP contribution < -0.4 is 5.32 Å². The van der Waals surface area contributed by atoms with E-state index < -0.39 is 29.1 Å². The molecule has 0 bridgehead atoms. The van der Waals surface area contributed by atoms with Gasteiger partial charge >= 0.3 is 0 Å². The van der Waals surface area contributed by atoms with Gasteiger partial charge in [0.1, 0.15) is 17.7 Å². The molecule has 2 rings (SSSR count). The Balaban J connectivity index is 2.22. The Morgan fingerprint density at radius 1 is 1.08 bits per heavy atom. The van der Waals surface area contributed by atoms with Crippen molar-refractivity contribution in [3.63, 3.8) is 0 Å². The third-order valence-corrected chi connectivity index (χ3v) is 3.50. The summed E-state index contributed by atoms with van der Waals surface area (Å²) in [7, 11) is 3.13. The first-order chi connectivity index (χ1) is 11.4. The molecule has 0 aromatic heterocycles. The SMILES string of the molecule is CN(C)C(=O)[C@H](Cc1ccccc1)NC(=O)c1cc(F)ccc1F. The quantitative estimate of drug-likeness (QED) is 0.914. The molecule has 0 heterocycles. The van der Waals surface area contributed by atoms with Gasteiger partial charge in [0, 0.05) is 20.5 Å². The summed E-state index contributed by atoms with van der Waals surface area (Å²) in [5.41, 5.74) is 0.414. The van der Waals surface area contributed by atoms with Gasteiger partial charge in [-0.05, 0) is 23.8 Å². The van der Waals surface area contributed by atoms with E-state index in [4.69, 9.17) is 0 Å². The minimum Gasteiger partial charge on any atom is -0.347 e. The summed E-state index contributed by atoms with van der Waals surface area (Å²) in [6.45, 7) is 0. The molecule has 0 saturated heterocycles. The zero-order valence-electron chi connectivity index (χ0n) is 13.4. The molecule has 1 atom stereocenters. The van der Waals surface area contributed by atoms with Crippen molar-refractivity contribution in [3.05, 3.63) is 71.3 Å². The molecule has 24 heavy (non-hydrogen) atoms. The van der Waals surface area contributed by atoms with Crippen LogP contribution in [0, 0.1) is 11.6 Å². The fraction of sp³-hybridized carbons (Fsp3) is 0.222. The number of hydrogen-bond donors (Lipinski definition) is 1. The molecule has 1 N–H and O–H groups in total. The van der Waals surface area contributed by atoms with Crippen LogP contribution in [0.25, 0.3) is 0 Å². The largest absolute Gasteiger partial charge is 0.347 e. The van der Waals surface area contributed by atoms with Gasteiger partial charge in [0.25, 0.3) is 5.91 Å². The number of benzene rings is 2. The predicted molar refractivity (Wildman–Crippen MR) is 86.5 cm³/mol. The summed E-state index contributed by atoms with van der Waals surface area (Å²) in [5, 5.41) is 2.49. The summed E-state index contributed by atoms with van der Waals surface area (Å²) < 4.78 is 27.0. The number of amides is 2. The first kappa shape index (κ1) is 17.6. The molecule has 0 aliphatic heterocycles. The monoisotopic (exact) mass is 332 g/mol. The van der Waals surface area contributed by atoms with Crippen LogP contribution >= 0.6 is 0 Å². The fourth-order valence-corrected chi connectivity index (χ4v) is 2.27. The Morgan fingerprint density at radius 3 is 2.38 bits per heavy atom. The van der Waals surface area contributed by atoms with Crippen molar-refractivity contribution in [1.82, 2.24) is 10.2 Å². The van der Waals surface area contributed by atoms with Gasteiger partial charge in [0.2, 0.25) is 5.91 Å². The first-order valence-electron chi connectivity index (χ1n) is 7.39. The highest BCUT2D eigenvalue weighted by Crippen LogP contribution is 2.11. The zero-order valence-corrected chi connectivity index (χ0v) is 13.4. The lowest BCUT2D eigenvalue weighted by Crippen LogP contribution is -2.47. The van der Waals surface area contributed by atoms with Crippen LogP contribution in [0.4, 0.5) is 8.78 Å². The topological polar surface area (TPSA) is 49.4 Å². The van der Waals surface area contributed by atoms with Crippen LogP contribution in [0.1, 0.15) is 15.9 Å². The number of nitrogens with one attached hydrogen (secondary N) is 1. The maximum absolute atomic E-state index is 13.7. The van der Waals surface area contributed by atoms with E-state index in [9.17, 15) is 18.4 Å². The van der Waals surface area contributed by atoms with E-state index in [1.54, 1.807) is 14.1 Å². The van der Waals surface area contributed by atoms with Gasteiger partial charge in [-0.15, -0.1) is 0 Å². The lowest BCUT2D eigenvalue weighted by molar-refractivity contribution is -0.130. The Labute approximate surface area is 139 Å². The molecular formula is C18H18F2N2O2. The minimum absolute atomic E-state index is 0.251. The third-order valence-electron chi connectivity index (χ3n) is 3.50. The van der Waals surface area contributed by atoms with Crippen LogP contribution in [0.15, 0.2) is 48.5 Å². The van der Waals surface area contributed by atoms with Crippen LogP contribution in [0.2, 0.25) is 0 Å². The molecule has 0 aliphatic carbocycles. The summed E-state index contributed by atoms with van der Waals surface area (Å²) >= 11 is 0. The number of nitrogens with zero attached hydrogens (tertiary/aromatic N) is 1. The van der Waals surface area contributed by atoms with Crippen molar-refractivity contribution in [1.29, 1.82) is 0 Å². The molecule has 0 radical (unpaired) electrons. The van der Waals surface area contributed by atoms with Crippen molar-refractivity contribution < 1.29 is 18.4 Å². The van der Waals surface area contributed by atoms with E-state index in [0.717, 1.165) is 23.8 Å². The average Bonchev–Trinajstić information content (AvgIpc) is 2.56. The Morgan fingerprint density at radius 2 is 1.75 bits per heavy atom. The molecule has 2 aromatic carbocycles. The second kappa shape index (κ2) is 7.68. The van der Waals surface area contributed by atoms with E-state index in [1.807, 2.05) is 30.3 Å². The summed E-state index contributed by atoms with van der Waals surface area (Å²) in [6, 6.07) is 10.9. The number of hydrogen-bond acceptors (Lipinski definition) is 2. The van der Waals surface area contributed by atoms with Crippen LogP contribution in [0.3, 0.4) is 0 Å². The minimum atomic E-state index is -0.877. The van der Waals surface area contributed by atoms with E-state index in [1.165, 1.54) is 4.90 Å². The van der Waals surface area contributed by atoms with Crippen molar-refractivity contribution in [2.24, 2.45) is 0 Å². The molecule has 4 nitrogen and oxygen atoms in total. The Kier molecular flexibility index (Phi) is 5.63. The van der Waals surface area contributed by atoms with Crippen molar-refractivity contribution in [3.8, 4) is 0 Å². The number of likely N-dealkylation sites (N-methyl/N-ethyl adjacent to an activating group) is 1. The number of halogens is 2. The van der Waals surface area contributed by atoms with E-state index >= 15 is 0 Å². The first-order valence-corrected chi connectivity index (χ1v) is 7.39. The zero-order chi connectivity index (χ0) is 17.7. The number of carbonyl (C=O) groups is 2. The van der Waals surface area contributed by atoms with Crippen LogP contribution in [0.5, 0.6) is 0 Å². The van der Waals surface area contributed by atoms with Crippen LogP contribution in [-0.2, 0) is 11.2 Å². The molecule has 0 unspecified atom stereocenters. The van der Waals surface area contributed by atoms with Crippen molar-refractivity contribution in [2.45, 2.75) is 12.5 Å². The lowest BCUT2D eigenvalue weighted by Gasteiger charge is -2.22. The van der Waals surface area contributed by atoms with E-state index in [0.29, 0.717) is 0 Å². The van der Waals surface area contributed by atoms with Gasteiger partial charge in [-0.1, -0.05) is 30.3 Å². The molecule has 2 aromatic rings. The standard InChI is InChI=1S/C18H18F2N2O2/c1-22(2)18(24)16(10-12-6-4-3-5-7-12)21-17(23)14-11-13(19)8-9-15(14)20/h3-9,11,16H,10H2,1-2H3,(H,21,23)/t16-/m0/s1. The Bertz CT molecular complexity index is 733. The Hall–Kier alpha value is -2.76. The summed E-state index contributed by atoms with van der Waals surface area (Å²) in [4.78, 5) is 25.9. The lowest BCUT2D eigenvalue weighted by atomic mass is 10.0. The second-order valence-electron chi connectivity index (χ2n) is 5.57. The summed E-state index contributed by atoms with van der Waals surface area (Å²) in [5.74, 6) is -2.73. The third kappa shape index (κ3) is 4.38. The van der Waals surface area contributed by atoms with Crippen molar-refractivity contribution >= 4 is 11.8 Å². The van der Waals surface area contributed by atoms with Gasteiger partial charge in [0.05, 0.1) is 5.56 Å². The molecule has 0 aliphatic rings. The fourth-order valence-electron chi connectivity index (χ4n) is 2.27. The molecule has 0 fully saturated rings. The van der Waals surface area contributed by atoms with Gasteiger partial charge in [-0.25, -0.2) is 8.78 Å². The van der Waals surface area contributed by atoms with Gasteiger partial charge in [-0.2, -0.15) is 0 Å². The molecule has 0 spiro atoms. The highest BCUT2D eigenvalue weighted by Gasteiger charge is 2.24. The highest BCUT2D eigenvalue weighted by molar-refractivity contribution is 5.97. The maximum Gasteiger partial charge on any atom is 0.255 e. The van der Waals surface area contributed by atoms with E-state index in [-0.39, 0.29) is 12.3 Å². The average molecular weight is 332 g/mol. The number of carbonyl (C=O) groups excluding carboxylic acids is 2. The van der Waals surface area contributed by atoms with Crippen LogP contribution in [-0.4, -0.2) is 36.9 Å². The smallest absolute Gasteiger partial charge is 0.255 e. The highest BCUT2D eigenvalue weighted by atomic mass is 19.1.